The summed E-state index contributed by atoms with van der Waals surface area (Å²) < 4.78 is 5.53. The first-order chi connectivity index (χ1) is 10.1. The average molecular weight is 287 g/mol. The number of ether oxygens (including phenoxy) is 1. The number of hydrogen-bond acceptors (Lipinski definition) is 4. The Balaban J connectivity index is 1.94. The maximum absolute atomic E-state index is 12.3. The number of carbonyl (C=O) groups is 1. The molecule has 1 heterocycles. The van der Waals surface area contributed by atoms with Crippen molar-refractivity contribution in [1.82, 2.24) is 9.80 Å². The van der Waals surface area contributed by atoms with Crippen molar-refractivity contribution in [1.29, 1.82) is 5.26 Å². The second-order valence-corrected chi connectivity index (χ2v) is 5.54. The normalized spacial score (nSPS) is 17.8. The first-order valence-corrected chi connectivity index (χ1v) is 7.18. The van der Waals surface area contributed by atoms with Crippen molar-refractivity contribution >= 4 is 5.91 Å². The molecule has 0 radical (unpaired) electrons. The predicted octanol–water partition coefficient (Wildman–Crippen LogP) is 1.49. The molecule has 1 aromatic rings. The van der Waals surface area contributed by atoms with Gasteiger partial charge >= 0.3 is 0 Å². The number of hydrogen-bond donors (Lipinski definition) is 0. The van der Waals surface area contributed by atoms with Crippen LogP contribution in [0, 0.1) is 11.3 Å². The lowest BCUT2D eigenvalue weighted by molar-refractivity contribution is -0.134. The van der Waals surface area contributed by atoms with Gasteiger partial charge in [0.25, 0.3) is 5.91 Å². The van der Waals surface area contributed by atoms with E-state index in [2.05, 4.69) is 11.0 Å². The first kappa shape index (κ1) is 15.3. The summed E-state index contributed by atoms with van der Waals surface area (Å²) in [6.45, 7) is 1.66. The minimum atomic E-state index is -0.0113. The van der Waals surface area contributed by atoms with Crippen LogP contribution in [0.15, 0.2) is 24.3 Å². The molecule has 1 unspecified atom stereocenters. The maximum Gasteiger partial charge on any atom is 0.260 e. The van der Waals surface area contributed by atoms with Crippen LogP contribution in [0.4, 0.5) is 0 Å². The van der Waals surface area contributed by atoms with Crippen LogP contribution in [0.5, 0.6) is 5.75 Å². The van der Waals surface area contributed by atoms with Gasteiger partial charge in [0.05, 0.1) is 5.56 Å². The Bertz CT molecular complexity index is 537. The number of likely N-dealkylation sites (N-methyl/N-ethyl adjacent to an activating group) is 1. The summed E-state index contributed by atoms with van der Waals surface area (Å²) in [6.07, 6.45) is 2.08. The van der Waals surface area contributed by atoms with E-state index < -0.39 is 0 Å². The van der Waals surface area contributed by atoms with Gasteiger partial charge in [0, 0.05) is 19.1 Å². The van der Waals surface area contributed by atoms with Crippen LogP contribution >= 0.6 is 0 Å². The summed E-state index contributed by atoms with van der Waals surface area (Å²) >= 11 is 0. The van der Waals surface area contributed by atoms with E-state index in [1.165, 1.54) is 0 Å². The minimum Gasteiger partial charge on any atom is -0.482 e. The molecule has 5 nitrogen and oxygen atoms in total. The number of carbonyl (C=O) groups excluding carboxylic acids is 1. The average Bonchev–Trinajstić information content (AvgIpc) is 2.92. The first-order valence-electron chi connectivity index (χ1n) is 7.18. The summed E-state index contributed by atoms with van der Waals surface area (Å²) in [5.41, 5.74) is 0.455. The van der Waals surface area contributed by atoms with Crippen molar-refractivity contribution in [2.45, 2.75) is 18.9 Å². The fourth-order valence-electron chi connectivity index (χ4n) is 2.68. The number of rotatable bonds is 5. The molecule has 0 N–H and O–H groups in total. The second-order valence-electron chi connectivity index (χ2n) is 5.54. The lowest BCUT2D eigenvalue weighted by Crippen LogP contribution is -2.43. The fourth-order valence-corrected chi connectivity index (χ4v) is 2.68. The lowest BCUT2D eigenvalue weighted by atomic mass is 10.2. The fraction of sp³-hybridized carbons (Fsp3) is 0.500. The minimum absolute atomic E-state index is 0.00732. The van der Waals surface area contributed by atoms with Crippen LogP contribution in [0.25, 0.3) is 0 Å². The Morgan fingerprint density at radius 1 is 1.48 bits per heavy atom. The van der Waals surface area contributed by atoms with Gasteiger partial charge in [-0.25, -0.2) is 0 Å². The highest BCUT2D eigenvalue weighted by molar-refractivity contribution is 5.78. The van der Waals surface area contributed by atoms with Gasteiger partial charge in [-0.15, -0.1) is 0 Å². The van der Waals surface area contributed by atoms with Crippen LogP contribution in [0.2, 0.25) is 0 Å². The number of nitriles is 1. The van der Waals surface area contributed by atoms with E-state index in [0.29, 0.717) is 11.3 Å². The molecule has 1 aliphatic heterocycles. The van der Waals surface area contributed by atoms with Crippen molar-refractivity contribution in [2.24, 2.45) is 0 Å². The van der Waals surface area contributed by atoms with Gasteiger partial charge in [-0.05, 0) is 39.1 Å². The zero-order chi connectivity index (χ0) is 15.2. The van der Waals surface area contributed by atoms with Gasteiger partial charge in [-0.3, -0.25) is 4.79 Å². The van der Waals surface area contributed by atoms with Gasteiger partial charge in [0.1, 0.15) is 11.8 Å². The van der Waals surface area contributed by atoms with E-state index >= 15 is 0 Å². The predicted molar refractivity (Wildman–Crippen MR) is 79.9 cm³/mol. The number of amides is 1. The quantitative estimate of drug-likeness (QED) is 0.823. The smallest absolute Gasteiger partial charge is 0.260 e. The van der Waals surface area contributed by atoms with E-state index in [1.54, 1.807) is 24.3 Å². The summed E-state index contributed by atoms with van der Waals surface area (Å²) in [4.78, 5) is 16.3. The summed E-state index contributed by atoms with van der Waals surface area (Å²) in [6, 6.07) is 9.31. The monoisotopic (exact) mass is 287 g/mol. The molecule has 0 spiro atoms. The SMILES string of the molecule is CN(C)CC1CCCN1C(=O)COc1ccccc1C#N. The third-order valence-electron chi connectivity index (χ3n) is 3.63. The summed E-state index contributed by atoms with van der Waals surface area (Å²) in [7, 11) is 4.03. The molecule has 21 heavy (non-hydrogen) atoms. The molecule has 1 saturated heterocycles. The Kier molecular flexibility index (Phi) is 5.18. The van der Waals surface area contributed by atoms with Gasteiger partial charge < -0.3 is 14.5 Å². The third kappa shape index (κ3) is 3.96. The summed E-state index contributed by atoms with van der Waals surface area (Å²) in [5, 5.41) is 9.01. The molecule has 1 atom stereocenters. The standard InChI is InChI=1S/C16H21N3O2/c1-18(2)11-14-7-5-9-19(14)16(20)12-21-15-8-4-3-6-13(15)10-17/h3-4,6,8,14H,5,7,9,11-12H2,1-2H3. The molecule has 112 valence electrons. The van der Waals surface area contributed by atoms with Crippen molar-refractivity contribution in [3.63, 3.8) is 0 Å². The Morgan fingerprint density at radius 2 is 2.24 bits per heavy atom. The Hall–Kier alpha value is -2.06. The molecular formula is C16H21N3O2. The molecule has 5 heteroatoms. The maximum atomic E-state index is 12.3. The molecule has 1 aliphatic rings. The van der Waals surface area contributed by atoms with E-state index in [4.69, 9.17) is 10.00 Å². The van der Waals surface area contributed by atoms with E-state index in [0.717, 1.165) is 25.9 Å². The van der Waals surface area contributed by atoms with Crippen molar-refractivity contribution in [3.05, 3.63) is 29.8 Å². The van der Waals surface area contributed by atoms with Crippen molar-refractivity contribution < 1.29 is 9.53 Å². The number of benzene rings is 1. The molecule has 0 bridgehead atoms. The third-order valence-corrected chi connectivity index (χ3v) is 3.63. The van der Waals surface area contributed by atoms with Gasteiger partial charge in [0.15, 0.2) is 6.61 Å². The zero-order valence-electron chi connectivity index (χ0n) is 12.6. The molecule has 1 amide bonds. The lowest BCUT2D eigenvalue weighted by Gasteiger charge is -2.27. The molecule has 0 saturated carbocycles. The molecule has 2 rings (SSSR count). The van der Waals surface area contributed by atoms with E-state index in [-0.39, 0.29) is 18.6 Å². The van der Waals surface area contributed by atoms with Crippen molar-refractivity contribution in [2.75, 3.05) is 33.8 Å². The van der Waals surface area contributed by atoms with Gasteiger partial charge in [-0.2, -0.15) is 5.26 Å². The van der Waals surface area contributed by atoms with Crippen LogP contribution in [0.1, 0.15) is 18.4 Å². The molecule has 1 fully saturated rings. The van der Waals surface area contributed by atoms with Crippen LogP contribution in [0.3, 0.4) is 0 Å². The Morgan fingerprint density at radius 3 is 2.95 bits per heavy atom. The number of para-hydroxylation sites is 1. The van der Waals surface area contributed by atoms with Crippen LogP contribution < -0.4 is 4.74 Å². The van der Waals surface area contributed by atoms with E-state index in [9.17, 15) is 4.79 Å². The zero-order valence-corrected chi connectivity index (χ0v) is 12.6. The number of nitrogens with zero attached hydrogens (tertiary/aromatic N) is 3. The molecule has 1 aromatic carbocycles. The summed E-state index contributed by atoms with van der Waals surface area (Å²) in [5.74, 6) is 0.462. The van der Waals surface area contributed by atoms with Crippen LogP contribution in [-0.2, 0) is 4.79 Å². The van der Waals surface area contributed by atoms with Crippen molar-refractivity contribution in [3.8, 4) is 11.8 Å². The molecular weight excluding hydrogens is 266 g/mol. The molecule has 0 aromatic heterocycles. The topological polar surface area (TPSA) is 56.6 Å². The Labute approximate surface area is 125 Å². The molecule has 0 aliphatic carbocycles. The number of likely N-dealkylation sites (tertiary alicyclic amines) is 1. The second kappa shape index (κ2) is 7.09. The van der Waals surface area contributed by atoms with Gasteiger partial charge in [-0.1, -0.05) is 12.1 Å². The van der Waals surface area contributed by atoms with Gasteiger partial charge in [0.2, 0.25) is 0 Å². The van der Waals surface area contributed by atoms with E-state index in [1.807, 2.05) is 19.0 Å². The highest BCUT2D eigenvalue weighted by Gasteiger charge is 2.29. The highest BCUT2D eigenvalue weighted by atomic mass is 16.5. The largest absolute Gasteiger partial charge is 0.482 e. The van der Waals surface area contributed by atoms with Crippen LogP contribution in [-0.4, -0.2) is 55.5 Å². The highest BCUT2D eigenvalue weighted by Crippen LogP contribution is 2.20.